The molecule has 2 aliphatic heterocycles. The number of imide groups is 1. The lowest BCUT2D eigenvalue weighted by molar-refractivity contribution is 0.0475. The third-order valence-electron chi connectivity index (χ3n) is 5.75. The SMILES string of the molecule is NC1CCC(NC(=O)c2ccc3c(c2)C(=O)N(CC2CCCO2)C3=O)CC1. The first-order chi connectivity index (χ1) is 13.0. The summed E-state index contributed by atoms with van der Waals surface area (Å²) in [4.78, 5) is 39.1. The molecule has 4 rings (SSSR count). The van der Waals surface area contributed by atoms with E-state index in [1.165, 1.54) is 11.0 Å². The van der Waals surface area contributed by atoms with E-state index in [0.29, 0.717) is 23.3 Å². The van der Waals surface area contributed by atoms with E-state index in [2.05, 4.69) is 5.32 Å². The van der Waals surface area contributed by atoms with E-state index in [9.17, 15) is 14.4 Å². The summed E-state index contributed by atoms with van der Waals surface area (Å²) in [5.74, 6) is -0.862. The zero-order chi connectivity index (χ0) is 19.0. The second-order valence-electron chi connectivity index (χ2n) is 7.70. The Morgan fingerprint density at radius 3 is 2.56 bits per heavy atom. The highest BCUT2D eigenvalue weighted by Crippen LogP contribution is 2.26. The van der Waals surface area contributed by atoms with Crippen molar-refractivity contribution in [3.63, 3.8) is 0 Å². The van der Waals surface area contributed by atoms with Crippen molar-refractivity contribution in [3.8, 4) is 0 Å². The summed E-state index contributed by atoms with van der Waals surface area (Å²) >= 11 is 0. The van der Waals surface area contributed by atoms with Gasteiger partial charge in [-0.05, 0) is 56.7 Å². The van der Waals surface area contributed by atoms with E-state index in [0.717, 1.165) is 38.5 Å². The summed E-state index contributed by atoms with van der Waals surface area (Å²) in [5.41, 5.74) is 6.97. The zero-order valence-electron chi connectivity index (χ0n) is 15.3. The molecule has 0 aromatic heterocycles. The molecule has 1 unspecified atom stereocenters. The van der Waals surface area contributed by atoms with Gasteiger partial charge in [-0.2, -0.15) is 0 Å². The van der Waals surface area contributed by atoms with Crippen LogP contribution in [0.15, 0.2) is 18.2 Å². The summed E-state index contributed by atoms with van der Waals surface area (Å²) in [5, 5.41) is 3.02. The number of ether oxygens (including phenoxy) is 1. The van der Waals surface area contributed by atoms with Crippen LogP contribution in [0.4, 0.5) is 0 Å². The highest BCUT2D eigenvalue weighted by Gasteiger charge is 2.38. The van der Waals surface area contributed by atoms with E-state index in [1.54, 1.807) is 12.1 Å². The van der Waals surface area contributed by atoms with E-state index in [4.69, 9.17) is 10.5 Å². The van der Waals surface area contributed by atoms with Crippen LogP contribution in [0.5, 0.6) is 0 Å². The Balaban J connectivity index is 1.46. The fourth-order valence-corrected chi connectivity index (χ4v) is 4.12. The van der Waals surface area contributed by atoms with Crippen molar-refractivity contribution >= 4 is 17.7 Å². The largest absolute Gasteiger partial charge is 0.376 e. The minimum atomic E-state index is -0.344. The summed E-state index contributed by atoms with van der Waals surface area (Å²) in [6.45, 7) is 0.945. The molecule has 1 saturated carbocycles. The normalized spacial score (nSPS) is 27.7. The topological polar surface area (TPSA) is 102 Å². The number of hydrogen-bond acceptors (Lipinski definition) is 5. The van der Waals surface area contributed by atoms with Gasteiger partial charge in [-0.3, -0.25) is 19.3 Å². The Bertz CT molecular complexity index is 764. The second kappa shape index (κ2) is 7.40. The molecule has 3 aliphatic rings. The van der Waals surface area contributed by atoms with Crippen molar-refractivity contribution < 1.29 is 19.1 Å². The first kappa shape index (κ1) is 18.1. The summed E-state index contributed by atoms with van der Waals surface area (Å²) in [7, 11) is 0. The van der Waals surface area contributed by atoms with Gasteiger partial charge in [0.05, 0.1) is 23.8 Å². The van der Waals surface area contributed by atoms with Gasteiger partial charge >= 0.3 is 0 Å². The van der Waals surface area contributed by atoms with Crippen LogP contribution in [0, 0.1) is 0 Å². The predicted octanol–water partition coefficient (Wildman–Crippen LogP) is 1.46. The van der Waals surface area contributed by atoms with Gasteiger partial charge in [0.25, 0.3) is 17.7 Å². The third-order valence-corrected chi connectivity index (χ3v) is 5.75. The van der Waals surface area contributed by atoms with Crippen LogP contribution >= 0.6 is 0 Å². The number of carbonyl (C=O) groups excluding carboxylic acids is 3. The standard InChI is InChI=1S/C20H25N3O4/c21-13-4-6-14(7-5-13)22-18(24)12-3-8-16-17(10-12)20(26)23(19(16)25)11-15-2-1-9-27-15/h3,8,10,13-15H,1-2,4-7,9,11,21H2,(H,22,24). The quantitative estimate of drug-likeness (QED) is 0.780. The van der Waals surface area contributed by atoms with Crippen LogP contribution in [0.25, 0.3) is 0 Å². The van der Waals surface area contributed by atoms with Gasteiger partial charge in [0.2, 0.25) is 0 Å². The molecule has 0 bridgehead atoms. The number of benzene rings is 1. The van der Waals surface area contributed by atoms with E-state index in [-0.39, 0.29) is 42.5 Å². The maximum absolute atomic E-state index is 12.7. The highest BCUT2D eigenvalue weighted by atomic mass is 16.5. The summed E-state index contributed by atoms with van der Waals surface area (Å²) < 4.78 is 5.55. The molecule has 1 aromatic rings. The molecule has 1 saturated heterocycles. The van der Waals surface area contributed by atoms with Crippen LogP contribution in [-0.2, 0) is 4.74 Å². The Labute approximate surface area is 158 Å². The molecule has 2 fully saturated rings. The number of amides is 3. The first-order valence-electron chi connectivity index (χ1n) is 9.71. The van der Waals surface area contributed by atoms with Crippen molar-refractivity contribution in [1.29, 1.82) is 0 Å². The molecule has 7 nitrogen and oxygen atoms in total. The number of nitrogens with two attached hydrogens (primary N) is 1. The molecule has 1 aromatic carbocycles. The van der Waals surface area contributed by atoms with E-state index < -0.39 is 0 Å². The number of rotatable bonds is 4. The fraction of sp³-hybridized carbons (Fsp3) is 0.550. The summed E-state index contributed by atoms with van der Waals surface area (Å²) in [6, 6.07) is 5.06. The monoisotopic (exact) mass is 371 g/mol. The Morgan fingerprint density at radius 2 is 1.85 bits per heavy atom. The average molecular weight is 371 g/mol. The van der Waals surface area contributed by atoms with Crippen molar-refractivity contribution in [3.05, 3.63) is 34.9 Å². The lowest BCUT2D eigenvalue weighted by Crippen LogP contribution is -2.40. The van der Waals surface area contributed by atoms with Gasteiger partial charge in [-0.15, -0.1) is 0 Å². The molecule has 0 spiro atoms. The lowest BCUT2D eigenvalue weighted by atomic mass is 9.91. The predicted molar refractivity (Wildman–Crippen MR) is 98.5 cm³/mol. The van der Waals surface area contributed by atoms with E-state index >= 15 is 0 Å². The van der Waals surface area contributed by atoms with E-state index in [1.807, 2.05) is 0 Å². The molecular formula is C20H25N3O4. The van der Waals surface area contributed by atoms with Crippen LogP contribution in [0.3, 0.4) is 0 Å². The number of hydrogen-bond donors (Lipinski definition) is 2. The number of nitrogens with one attached hydrogen (secondary N) is 1. The third kappa shape index (κ3) is 3.61. The molecule has 27 heavy (non-hydrogen) atoms. The van der Waals surface area contributed by atoms with Crippen molar-refractivity contribution in [1.82, 2.24) is 10.2 Å². The lowest BCUT2D eigenvalue weighted by Gasteiger charge is -2.26. The number of fused-ring (bicyclic) bond motifs is 1. The van der Waals surface area contributed by atoms with Gasteiger partial charge in [0.15, 0.2) is 0 Å². The van der Waals surface area contributed by atoms with Crippen molar-refractivity contribution in [2.75, 3.05) is 13.2 Å². The molecule has 7 heteroatoms. The molecular weight excluding hydrogens is 346 g/mol. The van der Waals surface area contributed by atoms with Crippen LogP contribution in [0.2, 0.25) is 0 Å². The minimum Gasteiger partial charge on any atom is -0.376 e. The van der Waals surface area contributed by atoms with Gasteiger partial charge in [0.1, 0.15) is 0 Å². The zero-order valence-corrected chi connectivity index (χ0v) is 15.3. The molecule has 1 atom stereocenters. The second-order valence-corrected chi connectivity index (χ2v) is 7.70. The smallest absolute Gasteiger partial charge is 0.261 e. The van der Waals surface area contributed by atoms with Crippen LogP contribution in [0.1, 0.15) is 69.6 Å². The van der Waals surface area contributed by atoms with Gasteiger partial charge < -0.3 is 15.8 Å². The molecule has 2 heterocycles. The molecule has 3 N–H and O–H groups in total. The molecule has 1 aliphatic carbocycles. The van der Waals surface area contributed by atoms with Crippen molar-refractivity contribution in [2.24, 2.45) is 5.73 Å². The Hall–Kier alpha value is -2.25. The Morgan fingerprint density at radius 1 is 1.11 bits per heavy atom. The van der Waals surface area contributed by atoms with Crippen LogP contribution in [-0.4, -0.2) is 54.0 Å². The maximum Gasteiger partial charge on any atom is 0.261 e. The highest BCUT2D eigenvalue weighted by molar-refractivity contribution is 6.22. The first-order valence-corrected chi connectivity index (χ1v) is 9.71. The minimum absolute atomic E-state index is 0.0901. The van der Waals surface area contributed by atoms with Gasteiger partial charge in [-0.1, -0.05) is 0 Å². The summed E-state index contributed by atoms with van der Waals surface area (Å²) in [6.07, 6.45) is 5.25. The molecule has 144 valence electrons. The number of carbonyl (C=O) groups is 3. The van der Waals surface area contributed by atoms with Gasteiger partial charge in [0, 0.05) is 24.3 Å². The molecule has 0 radical (unpaired) electrons. The fourth-order valence-electron chi connectivity index (χ4n) is 4.12. The molecule has 3 amide bonds. The van der Waals surface area contributed by atoms with Crippen LogP contribution < -0.4 is 11.1 Å². The average Bonchev–Trinajstić information content (AvgIpc) is 3.26. The van der Waals surface area contributed by atoms with Gasteiger partial charge in [-0.25, -0.2) is 0 Å². The maximum atomic E-state index is 12.7. The Kier molecular flexibility index (Phi) is 4.97. The van der Waals surface area contributed by atoms with Crippen molar-refractivity contribution in [2.45, 2.75) is 56.7 Å². The number of nitrogens with zero attached hydrogens (tertiary/aromatic N) is 1.